The zero-order valence-electron chi connectivity index (χ0n) is 29.1. The van der Waals surface area contributed by atoms with Crippen LogP contribution in [0.4, 0.5) is 20.4 Å². The van der Waals surface area contributed by atoms with Gasteiger partial charge in [-0.1, -0.05) is 24.5 Å². The van der Waals surface area contributed by atoms with Gasteiger partial charge >= 0.3 is 5.97 Å². The Morgan fingerprint density at radius 2 is 1.76 bits per heavy atom. The van der Waals surface area contributed by atoms with Crippen LogP contribution in [0.2, 0.25) is 0 Å². The van der Waals surface area contributed by atoms with Gasteiger partial charge in [-0.25, -0.2) is 14.6 Å². The Bertz CT molecular complexity index is 1740. The molecule has 1 amide bonds. The Hall–Kier alpha value is -4.16. The predicted octanol–water partition coefficient (Wildman–Crippen LogP) is 7.11. The second-order valence-corrected chi connectivity index (χ2v) is 16.0. The number of carboxylic acid groups (broad SMARTS) is 1. The number of nitrogens with zero attached hydrogens (tertiary/aromatic N) is 6. The van der Waals surface area contributed by atoms with Crippen LogP contribution in [0.15, 0.2) is 36.8 Å². The van der Waals surface area contributed by atoms with Crippen molar-refractivity contribution in [3.63, 3.8) is 0 Å². The van der Waals surface area contributed by atoms with E-state index in [4.69, 9.17) is 4.74 Å². The lowest BCUT2D eigenvalue weighted by molar-refractivity contribution is -0.144. The van der Waals surface area contributed by atoms with Crippen LogP contribution in [-0.4, -0.2) is 60.6 Å². The van der Waals surface area contributed by atoms with Crippen molar-refractivity contribution in [2.24, 2.45) is 17.8 Å². The number of aromatic nitrogens is 5. The largest absolute Gasteiger partial charge is 0.490 e. The Balaban J connectivity index is 1.02. The van der Waals surface area contributed by atoms with Gasteiger partial charge in [0.1, 0.15) is 11.4 Å². The van der Waals surface area contributed by atoms with Gasteiger partial charge in [0.05, 0.1) is 29.8 Å². The highest BCUT2D eigenvalue weighted by Crippen LogP contribution is 2.52. The molecule has 3 aromatic rings. The van der Waals surface area contributed by atoms with Crippen molar-refractivity contribution in [3.8, 4) is 5.75 Å². The van der Waals surface area contributed by atoms with E-state index >= 15 is 8.78 Å². The number of ether oxygens (including phenoxy) is 1. The summed E-state index contributed by atoms with van der Waals surface area (Å²) in [6, 6.07) is 6.26. The third kappa shape index (κ3) is 6.80. The molecule has 272 valence electrons. The highest BCUT2D eigenvalue weighted by atomic mass is 19.3. The van der Waals surface area contributed by atoms with E-state index < -0.39 is 23.5 Å². The van der Waals surface area contributed by atoms with Crippen LogP contribution in [0.25, 0.3) is 0 Å². The number of carboxylic acids is 1. The highest BCUT2D eigenvalue weighted by Gasteiger charge is 2.46. The summed E-state index contributed by atoms with van der Waals surface area (Å²) >= 11 is 0. The van der Waals surface area contributed by atoms with Crippen molar-refractivity contribution in [3.05, 3.63) is 53.6 Å². The number of fused-ring (bicyclic) bond motifs is 4. The number of halogens is 2. The number of benzene rings is 1. The molecule has 8 rings (SSSR count). The van der Waals surface area contributed by atoms with Gasteiger partial charge in [-0.2, -0.15) is 8.78 Å². The number of amides is 1. The molecule has 3 heterocycles. The lowest BCUT2D eigenvalue weighted by Gasteiger charge is -2.41. The molecule has 0 radical (unpaired) electrons. The summed E-state index contributed by atoms with van der Waals surface area (Å²) in [5, 5.41) is 20.6. The number of carbonyl (C=O) groups excluding carboxylic acids is 1. The van der Waals surface area contributed by atoms with Gasteiger partial charge < -0.3 is 20.1 Å². The maximum Gasteiger partial charge on any atom is 0.306 e. The van der Waals surface area contributed by atoms with Crippen molar-refractivity contribution < 1.29 is 28.2 Å². The van der Waals surface area contributed by atoms with Crippen LogP contribution in [0, 0.1) is 17.8 Å². The molecule has 1 spiro atoms. The average molecular weight is 704 g/mol. The molecular weight excluding hydrogens is 656 g/mol. The topological polar surface area (TPSA) is 135 Å². The molecule has 4 aliphatic carbocycles. The number of nitrogens with one attached hydrogen (secondary N) is 1. The number of carbonyl (C=O) groups is 2. The Labute approximate surface area is 296 Å². The van der Waals surface area contributed by atoms with E-state index in [-0.39, 0.29) is 46.8 Å². The number of hydrogen-bond acceptors (Lipinski definition) is 8. The molecule has 5 aliphatic rings. The van der Waals surface area contributed by atoms with Gasteiger partial charge in [0.25, 0.3) is 11.8 Å². The quantitative estimate of drug-likeness (QED) is 0.252. The summed E-state index contributed by atoms with van der Waals surface area (Å²) in [7, 11) is 0. The van der Waals surface area contributed by atoms with Gasteiger partial charge in [0.15, 0.2) is 0 Å². The summed E-state index contributed by atoms with van der Waals surface area (Å²) in [4.78, 5) is 36.1. The molecule has 2 N–H and O–H groups in total. The summed E-state index contributed by atoms with van der Waals surface area (Å²) in [6.45, 7) is 1.35. The molecule has 2 unspecified atom stereocenters. The number of aliphatic carboxylic acids is 1. The molecule has 1 aliphatic heterocycles. The summed E-state index contributed by atoms with van der Waals surface area (Å²) in [6.07, 6.45) is 17.5. The number of rotatable bonds is 8. The monoisotopic (exact) mass is 703 g/mol. The molecule has 4 fully saturated rings. The molecule has 11 nitrogen and oxygen atoms in total. The molecule has 2 bridgehead atoms. The van der Waals surface area contributed by atoms with Crippen molar-refractivity contribution in [2.75, 3.05) is 11.4 Å². The summed E-state index contributed by atoms with van der Waals surface area (Å²) in [5.74, 6) is -3.72. The molecule has 2 aromatic heterocycles. The fourth-order valence-electron chi connectivity index (χ4n) is 10.0. The van der Waals surface area contributed by atoms with Crippen molar-refractivity contribution in [1.82, 2.24) is 30.3 Å². The van der Waals surface area contributed by atoms with Crippen LogP contribution >= 0.6 is 0 Å². The third-order valence-corrected chi connectivity index (χ3v) is 12.4. The second-order valence-electron chi connectivity index (χ2n) is 16.0. The first-order valence-electron chi connectivity index (χ1n) is 18.8. The second kappa shape index (κ2) is 13.4. The van der Waals surface area contributed by atoms with Gasteiger partial charge in [0.2, 0.25) is 5.95 Å². The molecular formula is C38H47F2N7O4. The number of anilines is 2. The fraction of sp³-hybridized carbons (Fsp3) is 0.632. The van der Waals surface area contributed by atoms with Gasteiger partial charge in [-0.3, -0.25) is 9.59 Å². The minimum Gasteiger partial charge on any atom is -0.490 e. The Kier molecular flexibility index (Phi) is 8.94. The van der Waals surface area contributed by atoms with E-state index in [2.05, 4.69) is 31.7 Å². The summed E-state index contributed by atoms with van der Waals surface area (Å²) in [5.41, 5.74) is 1.08. The van der Waals surface area contributed by atoms with Gasteiger partial charge in [-0.05, 0) is 106 Å². The first kappa shape index (κ1) is 34.0. The van der Waals surface area contributed by atoms with E-state index in [9.17, 15) is 14.7 Å². The van der Waals surface area contributed by atoms with Crippen molar-refractivity contribution in [2.45, 2.75) is 126 Å². The predicted molar refractivity (Wildman–Crippen MR) is 184 cm³/mol. The van der Waals surface area contributed by atoms with Crippen molar-refractivity contribution in [1.29, 1.82) is 0 Å². The maximum atomic E-state index is 15.3. The molecule has 0 saturated heterocycles. The Morgan fingerprint density at radius 3 is 2.43 bits per heavy atom. The Morgan fingerprint density at radius 1 is 1.02 bits per heavy atom. The molecule has 2 atom stereocenters. The van der Waals surface area contributed by atoms with Crippen molar-refractivity contribution >= 4 is 23.5 Å². The minimum absolute atomic E-state index is 0.105. The highest BCUT2D eigenvalue weighted by molar-refractivity contribution is 5.95. The zero-order chi connectivity index (χ0) is 35.3. The molecule has 13 heteroatoms. The first-order chi connectivity index (χ1) is 24.5. The minimum atomic E-state index is -3.38. The van der Waals surface area contributed by atoms with Crippen LogP contribution in [0.3, 0.4) is 0 Å². The van der Waals surface area contributed by atoms with Crippen LogP contribution in [0.1, 0.15) is 124 Å². The van der Waals surface area contributed by atoms with Crippen LogP contribution < -0.4 is 15.0 Å². The maximum absolute atomic E-state index is 15.3. The zero-order valence-corrected chi connectivity index (χ0v) is 29.1. The number of hydrogen-bond donors (Lipinski definition) is 2. The SMILES string of the molecule is CC(F)(F)c1nc(N2CC3(CCCCC3)c3cc(OC4CCC(n5ccnn5)CC4)ccc32)ncc1C(=O)NC1CC2CC(C1)CC(C(=O)O)C2. The lowest BCUT2D eigenvalue weighted by Crippen LogP contribution is -2.44. The normalized spacial score (nSPS) is 28.6. The fourth-order valence-corrected chi connectivity index (χ4v) is 10.0. The van der Waals surface area contributed by atoms with Gasteiger partial charge in [-0.15, -0.1) is 5.10 Å². The van der Waals surface area contributed by atoms with Crippen LogP contribution in [-0.2, 0) is 16.1 Å². The van der Waals surface area contributed by atoms with Crippen LogP contribution in [0.5, 0.6) is 5.75 Å². The molecule has 1 aromatic carbocycles. The van der Waals surface area contributed by atoms with E-state index in [1.807, 2.05) is 27.9 Å². The van der Waals surface area contributed by atoms with E-state index in [1.54, 1.807) is 6.20 Å². The first-order valence-corrected chi connectivity index (χ1v) is 18.8. The van der Waals surface area contributed by atoms with E-state index in [0.29, 0.717) is 38.3 Å². The standard InChI is InChI=1S/C38H47F2N7O4/c1-37(39,40)33-30(34(48)43-26-18-23-15-24(19-26)17-25(16-23)35(49)50)21-41-36(44-33)46-22-38(11-3-2-4-12-38)31-20-29(9-10-32(31)46)51-28-7-5-27(6-8-28)47-14-13-42-45-47/h9-10,13-14,20-21,23-28H,2-8,11-12,15-19,22H2,1H3,(H,43,48)(H,49,50). The number of alkyl halides is 2. The average Bonchev–Trinajstić information content (AvgIpc) is 3.75. The third-order valence-electron chi connectivity index (χ3n) is 12.4. The van der Waals surface area contributed by atoms with E-state index in [0.717, 1.165) is 88.1 Å². The van der Waals surface area contributed by atoms with E-state index in [1.165, 1.54) is 6.20 Å². The molecule has 51 heavy (non-hydrogen) atoms. The smallest absolute Gasteiger partial charge is 0.306 e. The molecule has 4 saturated carbocycles. The lowest BCUT2D eigenvalue weighted by atomic mass is 9.66. The van der Waals surface area contributed by atoms with Gasteiger partial charge in [0, 0.05) is 43.0 Å². The summed E-state index contributed by atoms with van der Waals surface area (Å²) < 4.78 is 39.1.